The third-order valence-corrected chi connectivity index (χ3v) is 2.39. The van der Waals surface area contributed by atoms with Crippen LogP contribution in [0.15, 0.2) is 12.7 Å². The summed E-state index contributed by atoms with van der Waals surface area (Å²) in [5, 5.41) is 0. The Bertz CT molecular complexity index is 177. The van der Waals surface area contributed by atoms with Gasteiger partial charge in [-0.1, -0.05) is 19.9 Å². The zero-order chi connectivity index (χ0) is 8.97. The van der Waals surface area contributed by atoms with Gasteiger partial charge < -0.3 is 4.90 Å². The molecule has 1 aliphatic heterocycles. The van der Waals surface area contributed by atoms with Gasteiger partial charge in [0, 0.05) is 13.1 Å². The van der Waals surface area contributed by atoms with Crippen molar-refractivity contribution in [3.63, 3.8) is 0 Å². The molecule has 1 aliphatic rings. The predicted octanol–water partition coefficient (Wildman–Crippen LogP) is 1.82. The van der Waals surface area contributed by atoms with Gasteiger partial charge in [0.25, 0.3) is 0 Å². The van der Waals surface area contributed by atoms with Crippen molar-refractivity contribution in [1.82, 2.24) is 4.90 Å². The lowest BCUT2D eigenvalue weighted by atomic mass is 10.1. The highest BCUT2D eigenvalue weighted by Crippen LogP contribution is 2.15. The third kappa shape index (κ3) is 2.36. The van der Waals surface area contributed by atoms with Crippen LogP contribution < -0.4 is 0 Å². The number of likely N-dealkylation sites (tertiary alicyclic amines) is 1. The minimum atomic E-state index is 0.0868. The number of nitrogens with zero attached hydrogens (tertiary/aromatic N) is 1. The molecule has 1 atom stereocenters. The van der Waals surface area contributed by atoms with Crippen molar-refractivity contribution in [3.8, 4) is 0 Å². The highest BCUT2D eigenvalue weighted by molar-refractivity contribution is 5.86. The van der Waals surface area contributed by atoms with Crippen LogP contribution in [0, 0.1) is 5.92 Å². The van der Waals surface area contributed by atoms with Gasteiger partial charge in [0.05, 0.1) is 0 Å². The van der Waals surface area contributed by atoms with Gasteiger partial charge >= 0.3 is 0 Å². The molecule has 2 nitrogen and oxygen atoms in total. The summed E-state index contributed by atoms with van der Waals surface area (Å²) in [6, 6.07) is 0. The van der Waals surface area contributed by atoms with E-state index in [1.165, 1.54) is 18.9 Å². The lowest BCUT2D eigenvalue weighted by molar-refractivity contribution is -0.126. The third-order valence-electron chi connectivity index (χ3n) is 2.39. The summed E-state index contributed by atoms with van der Waals surface area (Å²) in [7, 11) is 0. The number of rotatable bonds is 1. The highest BCUT2D eigenvalue weighted by Gasteiger charge is 2.16. The summed E-state index contributed by atoms with van der Waals surface area (Å²) in [4.78, 5) is 13.2. The van der Waals surface area contributed by atoms with E-state index >= 15 is 0 Å². The van der Waals surface area contributed by atoms with Crippen LogP contribution in [0.2, 0.25) is 0 Å². The van der Waals surface area contributed by atoms with Gasteiger partial charge in [-0.15, -0.1) is 0 Å². The first-order valence-electron chi connectivity index (χ1n) is 4.65. The lowest BCUT2D eigenvalue weighted by Crippen LogP contribution is -2.32. The van der Waals surface area contributed by atoms with E-state index < -0.39 is 0 Å². The molecule has 1 rings (SSSR count). The second-order valence-corrected chi connectivity index (χ2v) is 3.59. The Morgan fingerprint density at radius 1 is 1.58 bits per heavy atom. The zero-order valence-electron chi connectivity index (χ0n) is 7.75. The summed E-state index contributed by atoms with van der Waals surface area (Å²) in [6.07, 6.45) is 5.06. The maximum Gasteiger partial charge on any atom is 0.245 e. The first-order chi connectivity index (χ1) is 5.74. The molecule has 0 N–H and O–H groups in total. The maximum atomic E-state index is 11.3. The topological polar surface area (TPSA) is 20.3 Å². The summed E-state index contributed by atoms with van der Waals surface area (Å²) in [6.45, 7) is 7.52. The largest absolute Gasteiger partial charge is 0.339 e. The fourth-order valence-corrected chi connectivity index (χ4v) is 1.68. The quantitative estimate of drug-likeness (QED) is 0.545. The number of hydrogen-bond acceptors (Lipinski definition) is 1. The number of carbonyl (C=O) groups excluding carboxylic acids is 1. The normalized spacial score (nSPS) is 24.8. The summed E-state index contributed by atoms with van der Waals surface area (Å²) in [5.74, 6) is 0.736. The van der Waals surface area contributed by atoms with Crippen LogP contribution >= 0.6 is 0 Å². The summed E-state index contributed by atoms with van der Waals surface area (Å²) in [5.41, 5.74) is 0. The van der Waals surface area contributed by atoms with E-state index in [1.54, 1.807) is 0 Å². The van der Waals surface area contributed by atoms with E-state index in [0.717, 1.165) is 19.5 Å². The molecule has 0 saturated carbocycles. The Balaban J connectivity index is 2.51. The average molecular weight is 167 g/mol. The molecule has 0 radical (unpaired) electrons. The Hall–Kier alpha value is -0.790. The van der Waals surface area contributed by atoms with Gasteiger partial charge in [0.15, 0.2) is 0 Å². The lowest BCUT2D eigenvalue weighted by Gasteiger charge is -2.20. The fraction of sp³-hybridized carbons (Fsp3) is 0.700. The van der Waals surface area contributed by atoms with Crippen LogP contribution in [0.5, 0.6) is 0 Å². The van der Waals surface area contributed by atoms with Crippen LogP contribution in [0.1, 0.15) is 26.2 Å². The van der Waals surface area contributed by atoms with Crippen molar-refractivity contribution in [1.29, 1.82) is 0 Å². The van der Waals surface area contributed by atoms with E-state index in [2.05, 4.69) is 13.5 Å². The van der Waals surface area contributed by atoms with Gasteiger partial charge in [-0.3, -0.25) is 4.79 Å². The molecule has 0 spiro atoms. The second kappa shape index (κ2) is 4.29. The average Bonchev–Trinajstić information content (AvgIpc) is 2.28. The molecule has 68 valence electrons. The fourth-order valence-electron chi connectivity index (χ4n) is 1.68. The van der Waals surface area contributed by atoms with Gasteiger partial charge in [-0.05, 0) is 24.8 Å². The monoisotopic (exact) mass is 167 g/mol. The van der Waals surface area contributed by atoms with E-state index in [4.69, 9.17) is 0 Å². The Morgan fingerprint density at radius 3 is 3.00 bits per heavy atom. The molecule has 0 aromatic carbocycles. The molecular formula is C10H17NO. The number of amides is 1. The minimum absolute atomic E-state index is 0.0868. The Kier molecular flexibility index (Phi) is 3.32. The first kappa shape index (κ1) is 9.30. The SMILES string of the molecule is C=CC(=O)N1CCCC[C@H](C)C1. The Morgan fingerprint density at radius 2 is 2.33 bits per heavy atom. The molecule has 2 heteroatoms. The van der Waals surface area contributed by atoms with Gasteiger partial charge in [-0.2, -0.15) is 0 Å². The van der Waals surface area contributed by atoms with Crippen LogP contribution in [0.25, 0.3) is 0 Å². The molecule has 0 aliphatic carbocycles. The standard InChI is InChI=1S/C10H17NO/c1-3-10(12)11-7-5-4-6-9(2)8-11/h3,9H,1,4-8H2,2H3/t9-/m0/s1. The van der Waals surface area contributed by atoms with Gasteiger partial charge in [-0.25, -0.2) is 0 Å². The molecule has 0 aromatic rings. The molecule has 1 heterocycles. The zero-order valence-corrected chi connectivity index (χ0v) is 7.75. The number of hydrogen-bond donors (Lipinski definition) is 0. The van der Waals surface area contributed by atoms with Gasteiger partial charge in [0.1, 0.15) is 0 Å². The van der Waals surface area contributed by atoms with Crippen molar-refractivity contribution < 1.29 is 4.79 Å². The second-order valence-electron chi connectivity index (χ2n) is 3.59. The van der Waals surface area contributed by atoms with Crippen molar-refractivity contribution in [3.05, 3.63) is 12.7 Å². The Labute approximate surface area is 74.2 Å². The molecule has 1 saturated heterocycles. The van der Waals surface area contributed by atoms with Gasteiger partial charge in [0.2, 0.25) is 5.91 Å². The van der Waals surface area contributed by atoms with Crippen molar-refractivity contribution in [2.45, 2.75) is 26.2 Å². The van der Waals surface area contributed by atoms with Crippen LogP contribution in [0.3, 0.4) is 0 Å². The summed E-state index contributed by atoms with van der Waals surface area (Å²) < 4.78 is 0. The van der Waals surface area contributed by atoms with E-state index in [-0.39, 0.29) is 5.91 Å². The molecule has 0 unspecified atom stereocenters. The van der Waals surface area contributed by atoms with E-state index in [0.29, 0.717) is 5.92 Å². The van der Waals surface area contributed by atoms with Crippen LogP contribution in [-0.4, -0.2) is 23.9 Å². The maximum absolute atomic E-state index is 11.3. The van der Waals surface area contributed by atoms with Crippen molar-refractivity contribution in [2.75, 3.05) is 13.1 Å². The molecule has 12 heavy (non-hydrogen) atoms. The number of carbonyl (C=O) groups is 1. The van der Waals surface area contributed by atoms with Crippen LogP contribution in [-0.2, 0) is 4.79 Å². The van der Waals surface area contributed by atoms with Crippen LogP contribution in [0.4, 0.5) is 0 Å². The minimum Gasteiger partial charge on any atom is -0.339 e. The molecule has 1 fully saturated rings. The highest BCUT2D eigenvalue weighted by atomic mass is 16.2. The van der Waals surface area contributed by atoms with E-state index in [1.807, 2.05) is 4.90 Å². The van der Waals surface area contributed by atoms with Crippen molar-refractivity contribution >= 4 is 5.91 Å². The molecule has 0 aromatic heterocycles. The molecule has 1 amide bonds. The molecule has 0 bridgehead atoms. The van der Waals surface area contributed by atoms with Crippen molar-refractivity contribution in [2.24, 2.45) is 5.92 Å². The molecular weight excluding hydrogens is 150 g/mol. The smallest absolute Gasteiger partial charge is 0.245 e. The first-order valence-corrected chi connectivity index (χ1v) is 4.65. The van der Waals surface area contributed by atoms with E-state index in [9.17, 15) is 4.79 Å². The predicted molar refractivity (Wildman–Crippen MR) is 49.8 cm³/mol. The summed E-state index contributed by atoms with van der Waals surface area (Å²) >= 11 is 0.